The van der Waals surface area contributed by atoms with Crippen molar-refractivity contribution in [3.05, 3.63) is 38.7 Å². The minimum atomic E-state index is -1.14. The third-order valence-electron chi connectivity index (χ3n) is 3.15. The maximum Gasteiger partial charge on any atom is 0.330 e. The molecule has 0 aliphatic carbocycles. The molecule has 0 amide bonds. The maximum absolute atomic E-state index is 11.9. The van der Waals surface area contributed by atoms with Gasteiger partial charge in [0.15, 0.2) is 6.23 Å². The predicted molar refractivity (Wildman–Crippen MR) is 74.1 cm³/mol. The van der Waals surface area contributed by atoms with Crippen molar-refractivity contribution >= 4 is 17.7 Å². The van der Waals surface area contributed by atoms with Crippen molar-refractivity contribution in [1.82, 2.24) is 9.55 Å². The molecule has 0 aromatic carbocycles. The fourth-order valence-electron chi connectivity index (χ4n) is 2.07. The van der Waals surface area contributed by atoms with Crippen molar-refractivity contribution < 1.29 is 20.1 Å². The average Bonchev–Trinajstić information content (AvgIpc) is 2.74. The molecule has 1 fully saturated rings. The fourth-order valence-corrected chi connectivity index (χ4v) is 2.41. The second kappa shape index (κ2) is 6.54. The Morgan fingerprint density at radius 2 is 2.14 bits per heavy atom. The number of H-pyrrole nitrogens is 1. The molecule has 9 heteroatoms. The Morgan fingerprint density at radius 1 is 1.43 bits per heavy atom. The minimum Gasteiger partial charge on any atom is -0.394 e. The molecule has 0 unspecified atom stereocenters. The van der Waals surface area contributed by atoms with Gasteiger partial charge < -0.3 is 20.1 Å². The number of ether oxygens (including phenoxy) is 1. The van der Waals surface area contributed by atoms with Crippen molar-refractivity contribution in [2.45, 2.75) is 23.8 Å². The SMILES string of the molecule is O=c1[nH]c(=O)n([C@@H]2O[C@H](CO)[C@@H](O)[C@H]2Cl)cc1/C=C/CO. The third-order valence-corrected chi connectivity index (χ3v) is 3.62. The number of hydrogen-bond acceptors (Lipinski definition) is 6. The third kappa shape index (κ3) is 3.09. The maximum atomic E-state index is 11.9. The van der Waals surface area contributed by atoms with Crippen LogP contribution in [0.1, 0.15) is 11.8 Å². The van der Waals surface area contributed by atoms with Gasteiger partial charge in [-0.25, -0.2) is 4.79 Å². The lowest BCUT2D eigenvalue weighted by atomic mass is 10.2. The highest BCUT2D eigenvalue weighted by Gasteiger charge is 2.43. The lowest BCUT2D eigenvalue weighted by molar-refractivity contribution is -0.0458. The first-order valence-corrected chi connectivity index (χ1v) is 6.64. The van der Waals surface area contributed by atoms with Crippen LogP contribution < -0.4 is 11.2 Å². The van der Waals surface area contributed by atoms with Crippen LogP contribution in [0.5, 0.6) is 0 Å². The quantitative estimate of drug-likeness (QED) is 0.496. The van der Waals surface area contributed by atoms with E-state index in [0.29, 0.717) is 0 Å². The summed E-state index contributed by atoms with van der Waals surface area (Å²) in [6.07, 6.45) is 0.819. The first-order chi connectivity index (χ1) is 9.99. The number of aliphatic hydroxyl groups excluding tert-OH is 3. The monoisotopic (exact) mass is 318 g/mol. The molecule has 1 aliphatic rings. The summed E-state index contributed by atoms with van der Waals surface area (Å²) in [4.78, 5) is 25.6. The number of aromatic nitrogens is 2. The molecular formula is C12H15ClN2O6. The average molecular weight is 319 g/mol. The van der Waals surface area contributed by atoms with Crippen molar-refractivity contribution in [3.63, 3.8) is 0 Å². The Bertz CT molecular complexity index is 639. The van der Waals surface area contributed by atoms with E-state index >= 15 is 0 Å². The van der Waals surface area contributed by atoms with Crippen LogP contribution in [0.15, 0.2) is 21.9 Å². The molecule has 2 heterocycles. The molecule has 8 nitrogen and oxygen atoms in total. The Kier molecular flexibility index (Phi) is 4.96. The van der Waals surface area contributed by atoms with E-state index in [4.69, 9.17) is 26.6 Å². The fraction of sp³-hybridized carbons (Fsp3) is 0.500. The van der Waals surface area contributed by atoms with Gasteiger partial charge in [-0.15, -0.1) is 11.6 Å². The van der Waals surface area contributed by atoms with E-state index < -0.39 is 41.7 Å². The zero-order valence-electron chi connectivity index (χ0n) is 10.8. The zero-order chi connectivity index (χ0) is 15.6. The molecule has 1 aromatic heterocycles. The van der Waals surface area contributed by atoms with Gasteiger partial charge in [0, 0.05) is 6.20 Å². The van der Waals surface area contributed by atoms with Crippen LogP contribution in [-0.4, -0.2) is 55.7 Å². The van der Waals surface area contributed by atoms with Crippen LogP contribution in [0.25, 0.3) is 6.08 Å². The zero-order valence-corrected chi connectivity index (χ0v) is 11.6. The molecule has 116 valence electrons. The summed E-state index contributed by atoms with van der Waals surface area (Å²) in [5, 5.41) is 26.6. The Hall–Kier alpha value is -1.45. The summed E-state index contributed by atoms with van der Waals surface area (Å²) >= 11 is 6.01. The van der Waals surface area contributed by atoms with E-state index in [2.05, 4.69) is 4.98 Å². The first-order valence-electron chi connectivity index (χ1n) is 6.21. The lowest BCUT2D eigenvalue weighted by Crippen LogP contribution is -2.36. The molecule has 0 saturated carbocycles. The molecule has 2 rings (SSSR count). The second-order valence-corrected chi connectivity index (χ2v) is 5.02. The number of aromatic amines is 1. The number of aliphatic hydroxyl groups is 3. The van der Waals surface area contributed by atoms with Crippen LogP contribution in [0.3, 0.4) is 0 Å². The number of hydrogen-bond donors (Lipinski definition) is 4. The summed E-state index contributed by atoms with van der Waals surface area (Å²) in [7, 11) is 0. The van der Waals surface area contributed by atoms with Crippen LogP contribution in [-0.2, 0) is 4.74 Å². The van der Waals surface area contributed by atoms with Gasteiger partial charge in [-0.3, -0.25) is 14.3 Å². The number of alkyl halides is 1. The number of nitrogens with zero attached hydrogens (tertiary/aromatic N) is 1. The molecular weight excluding hydrogens is 304 g/mol. The van der Waals surface area contributed by atoms with Crippen LogP contribution >= 0.6 is 11.6 Å². The standard InChI is InChI=1S/C12H15ClN2O6/c13-8-9(18)7(5-17)21-11(8)15-4-6(2-1-3-16)10(19)14-12(15)20/h1-2,4,7-9,11,16-18H,3,5H2,(H,14,19,20)/b2-1+/t7-,8-,9-,11-/m1/s1. The molecule has 0 spiro atoms. The minimum absolute atomic E-state index is 0.123. The highest BCUT2D eigenvalue weighted by atomic mass is 35.5. The van der Waals surface area contributed by atoms with Gasteiger partial charge in [0.1, 0.15) is 17.6 Å². The molecule has 1 aromatic rings. The van der Waals surface area contributed by atoms with Gasteiger partial charge in [0.05, 0.1) is 18.8 Å². The van der Waals surface area contributed by atoms with Crippen molar-refractivity contribution in [3.8, 4) is 0 Å². The predicted octanol–water partition coefficient (Wildman–Crippen LogP) is -1.60. The second-order valence-electron chi connectivity index (χ2n) is 4.52. The molecule has 1 saturated heterocycles. The lowest BCUT2D eigenvalue weighted by Gasteiger charge is -2.17. The number of rotatable bonds is 4. The Labute approximate surface area is 123 Å². The topological polar surface area (TPSA) is 125 Å². The van der Waals surface area contributed by atoms with E-state index in [0.717, 1.165) is 4.57 Å². The van der Waals surface area contributed by atoms with Gasteiger partial charge in [-0.2, -0.15) is 0 Å². The van der Waals surface area contributed by atoms with Crippen molar-refractivity contribution in [2.24, 2.45) is 0 Å². The highest BCUT2D eigenvalue weighted by molar-refractivity contribution is 6.21. The largest absolute Gasteiger partial charge is 0.394 e. The number of nitrogens with one attached hydrogen (secondary N) is 1. The summed E-state index contributed by atoms with van der Waals surface area (Å²) in [6.45, 7) is -0.710. The molecule has 0 bridgehead atoms. The normalized spacial score (nSPS) is 29.3. The van der Waals surface area contributed by atoms with Gasteiger partial charge >= 0.3 is 5.69 Å². The van der Waals surface area contributed by atoms with E-state index in [1.165, 1.54) is 18.3 Å². The summed E-state index contributed by atoms with van der Waals surface area (Å²) in [6, 6.07) is 0. The van der Waals surface area contributed by atoms with Crippen molar-refractivity contribution in [2.75, 3.05) is 13.2 Å². The first kappa shape index (κ1) is 15.9. The Balaban J connectivity index is 2.42. The van der Waals surface area contributed by atoms with Gasteiger partial charge in [-0.05, 0) is 6.08 Å². The van der Waals surface area contributed by atoms with Gasteiger partial charge in [-0.1, -0.05) is 6.08 Å². The van der Waals surface area contributed by atoms with Gasteiger partial charge in [0.2, 0.25) is 0 Å². The van der Waals surface area contributed by atoms with E-state index in [9.17, 15) is 14.7 Å². The molecule has 4 N–H and O–H groups in total. The summed E-state index contributed by atoms with van der Waals surface area (Å²) < 4.78 is 6.37. The highest BCUT2D eigenvalue weighted by Crippen LogP contribution is 2.32. The van der Waals surface area contributed by atoms with Crippen molar-refractivity contribution in [1.29, 1.82) is 0 Å². The van der Waals surface area contributed by atoms with E-state index in [1.54, 1.807) is 0 Å². The molecule has 21 heavy (non-hydrogen) atoms. The smallest absolute Gasteiger partial charge is 0.330 e. The molecule has 0 radical (unpaired) electrons. The van der Waals surface area contributed by atoms with Gasteiger partial charge in [0.25, 0.3) is 5.56 Å². The summed E-state index contributed by atoms with van der Waals surface area (Å²) in [5.74, 6) is 0. The van der Waals surface area contributed by atoms with Crippen LogP contribution in [0.4, 0.5) is 0 Å². The van der Waals surface area contributed by atoms with Crippen LogP contribution in [0, 0.1) is 0 Å². The number of halogens is 1. The Morgan fingerprint density at radius 3 is 2.71 bits per heavy atom. The molecule has 1 aliphatic heterocycles. The summed E-state index contributed by atoms with van der Waals surface area (Å²) in [5.41, 5.74) is -1.25. The van der Waals surface area contributed by atoms with E-state index in [-0.39, 0.29) is 12.2 Å². The van der Waals surface area contributed by atoms with E-state index in [1.807, 2.05) is 0 Å². The van der Waals surface area contributed by atoms with Crippen LogP contribution in [0.2, 0.25) is 0 Å². The molecule has 4 atom stereocenters.